The Labute approximate surface area is 265 Å². The zero-order chi connectivity index (χ0) is 32.6. The third-order valence-corrected chi connectivity index (χ3v) is 9.30. The summed E-state index contributed by atoms with van der Waals surface area (Å²) in [5.74, 6) is -0.339. The first-order valence-electron chi connectivity index (χ1n) is 15.5. The SMILES string of the molecule is C=CC(=O)N1CC(C)N2c3nc(=O)n(-c4c(C)ccnc4C(C)C)c4nc(-c5c(C)ccc6[nH]ncc56)c(F)c(c34)N(C)CC2C1. The number of hydrogen-bond acceptors (Lipinski definition) is 8. The van der Waals surface area contributed by atoms with Gasteiger partial charge < -0.3 is 14.7 Å². The third-order valence-electron chi connectivity index (χ3n) is 9.30. The van der Waals surface area contributed by atoms with Gasteiger partial charge >= 0.3 is 5.69 Å². The summed E-state index contributed by atoms with van der Waals surface area (Å²) in [6.07, 6.45) is 4.71. The molecular formula is C34H36FN9O2. The lowest BCUT2D eigenvalue weighted by Crippen LogP contribution is -2.61. The van der Waals surface area contributed by atoms with Crippen molar-refractivity contribution in [2.75, 3.05) is 36.5 Å². The van der Waals surface area contributed by atoms with Crippen LogP contribution >= 0.6 is 0 Å². The van der Waals surface area contributed by atoms with Crippen LogP contribution in [0.15, 0.2) is 48.0 Å². The molecule has 6 heterocycles. The smallest absolute Gasteiger partial charge is 0.355 e. The molecule has 12 heteroatoms. The van der Waals surface area contributed by atoms with Gasteiger partial charge in [0, 0.05) is 49.9 Å². The minimum Gasteiger partial charge on any atom is -0.369 e. The molecule has 0 aliphatic carbocycles. The number of piperazine rings is 1. The van der Waals surface area contributed by atoms with Gasteiger partial charge in [0.1, 0.15) is 11.5 Å². The second kappa shape index (κ2) is 10.7. The topological polar surface area (TPSA) is 116 Å². The molecule has 2 aliphatic rings. The standard InChI is InChI=1S/C34H36FN9O2/c1-8-24(45)42-14-20(6)43-21(16-42)15-41(7)31-26-32(38-29(27(31)35)25-18(4)9-10-23-22(25)13-37-40-23)44(34(46)39-33(26)43)30-19(5)11-12-36-28(30)17(2)3/h8-13,17,20-21H,1,14-16H2,2-7H3,(H,37,40). The maximum Gasteiger partial charge on any atom is 0.355 e. The lowest BCUT2D eigenvalue weighted by molar-refractivity contribution is -0.127. The van der Waals surface area contributed by atoms with Crippen molar-refractivity contribution in [2.45, 2.75) is 52.6 Å². The van der Waals surface area contributed by atoms with Gasteiger partial charge in [0.25, 0.3) is 0 Å². The number of aromatic amines is 1. The average Bonchev–Trinajstić information content (AvgIpc) is 3.45. The van der Waals surface area contributed by atoms with Crippen LogP contribution < -0.4 is 15.5 Å². The van der Waals surface area contributed by atoms with Crippen LogP contribution in [-0.4, -0.2) is 79.3 Å². The molecule has 2 aliphatic heterocycles. The number of H-pyrrole nitrogens is 1. The average molecular weight is 622 g/mol. The lowest BCUT2D eigenvalue weighted by atomic mass is 9.99. The second-order valence-corrected chi connectivity index (χ2v) is 12.7. The zero-order valence-corrected chi connectivity index (χ0v) is 26.8. The molecule has 0 bridgehead atoms. The van der Waals surface area contributed by atoms with E-state index in [0.717, 1.165) is 22.0 Å². The van der Waals surface area contributed by atoms with Crippen LogP contribution in [0.25, 0.3) is 38.9 Å². The Bertz CT molecular complexity index is 2140. The highest BCUT2D eigenvalue weighted by atomic mass is 19.1. The van der Waals surface area contributed by atoms with E-state index < -0.39 is 11.5 Å². The summed E-state index contributed by atoms with van der Waals surface area (Å²) in [6, 6.07) is 5.17. The third kappa shape index (κ3) is 4.30. The fraction of sp³-hybridized carbons (Fsp3) is 0.353. The van der Waals surface area contributed by atoms with Crippen molar-refractivity contribution >= 4 is 39.3 Å². The van der Waals surface area contributed by atoms with Crippen molar-refractivity contribution in [1.82, 2.24) is 34.6 Å². The molecule has 236 valence electrons. The summed E-state index contributed by atoms with van der Waals surface area (Å²) < 4.78 is 18.8. The molecular weight excluding hydrogens is 585 g/mol. The number of aryl methyl sites for hydroxylation is 2. The maximum absolute atomic E-state index is 17.3. The minimum atomic E-state index is -0.533. The molecule has 1 aromatic carbocycles. The van der Waals surface area contributed by atoms with Gasteiger partial charge in [-0.2, -0.15) is 10.1 Å². The quantitative estimate of drug-likeness (QED) is 0.289. The number of rotatable bonds is 4. The predicted molar refractivity (Wildman–Crippen MR) is 177 cm³/mol. The van der Waals surface area contributed by atoms with Crippen molar-refractivity contribution in [3.8, 4) is 16.9 Å². The van der Waals surface area contributed by atoms with E-state index in [9.17, 15) is 9.59 Å². The van der Waals surface area contributed by atoms with Gasteiger partial charge in [-0.25, -0.2) is 18.7 Å². The van der Waals surface area contributed by atoms with Crippen LogP contribution in [-0.2, 0) is 4.79 Å². The van der Waals surface area contributed by atoms with Crippen LogP contribution in [0.1, 0.15) is 43.5 Å². The summed E-state index contributed by atoms with van der Waals surface area (Å²) in [6.45, 7) is 14.7. The van der Waals surface area contributed by atoms with E-state index in [1.165, 1.54) is 10.6 Å². The van der Waals surface area contributed by atoms with Crippen molar-refractivity contribution in [1.29, 1.82) is 0 Å². The van der Waals surface area contributed by atoms with Gasteiger partial charge in [-0.05, 0) is 56.0 Å². The van der Waals surface area contributed by atoms with Crippen LogP contribution in [0.5, 0.6) is 0 Å². The van der Waals surface area contributed by atoms with E-state index >= 15 is 4.39 Å². The first-order valence-corrected chi connectivity index (χ1v) is 15.5. The van der Waals surface area contributed by atoms with Crippen LogP contribution in [0.4, 0.5) is 15.9 Å². The van der Waals surface area contributed by atoms with E-state index in [1.54, 1.807) is 17.3 Å². The summed E-state index contributed by atoms with van der Waals surface area (Å²) in [5, 5.41) is 8.37. The van der Waals surface area contributed by atoms with Gasteiger partial charge in [-0.1, -0.05) is 26.5 Å². The number of benzene rings is 1. The van der Waals surface area contributed by atoms with Gasteiger partial charge in [0.15, 0.2) is 11.5 Å². The molecule has 4 aromatic heterocycles. The number of carbonyl (C=O) groups excluding carboxylic acids is 1. The van der Waals surface area contributed by atoms with Crippen LogP contribution in [0.2, 0.25) is 0 Å². The minimum absolute atomic E-state index is 0.0175. The van der Waals surface area contributed by atoms with Crippen molar-refractivity contribution in [2.24, 2.45) is 0 Å². The lowest BCUT2D eigenvalue weighted by Gasteiger charge is -2.46. The number of carbonyl (C=O) groups is 1. The highest BCUT2D eigenvalue weighted by molar-refractivity contribution is 6.04. The molecule has 11 nitrogen and oxygen atoms in total. The summed E-state index contributed by atoms with van der Waals surface area (Å²) in [7, 11) is 1.84. The van der Waals surface area contributed by atoms with Crippen molar-refractivity contribution < 1.29 is 9.18 Å². The van der Waals surface area contributed by atoms with E-state index in [0.29, 0.717) is 59.1 Å². The fourth-order valence-electron chi connectivity index (χ4n) is 7.26. The van der Waals surface area contributed by atoms with Crippen LogP contribution in [0, 0.1) is 19.7 Å². The number of nitrogens with one attached hydrogen (secondary N) is 1. The molecule has 2 atom stereocenters. The summed E-state index contributed by atoms with van der Waals surface area (Å²) >= 11 is 0. The molecule has 1 saturated heterocycles. The molecule has 1 N–H and O–H groups in total. The number of nitrogens with zero attached hydrogens (tertiary/aromatic N) is 8. The van der Waals surface area contributed by atoms with Gasteiger partial charge in [0.2, 0.25) is 5.91 Å². The molecule has 5 aromatic rings. The normalized spacial score (nSPS) is 18.0. The number of aromatic nitrogens is 6. The number of fused-ring (bicyclic) bond motifs is 3. The first kappa shape index (κ1) is 29.6. The predicted octanol–water partition coefficient (Wildman–Crippen LogP) is 4.64. The molecule has 0 spiro atoms. The Morgan fingerprint density at radius 1 is 1.11 bits per heavy atom. The highest BCUT2D eigenvalue weighted by Crippen LogP contribution is 2.44. The van der Waals surface area contributed by atoms with Gasteiger partial charge in [-0.3, -0.25) is 14.9 Å². The molecule has 2 unspecified atom stereocenters. The number of hydrogen-bond donors (Lipinski definition) is 1. The zero-order valence-electron chi connectivity index (χ0n) is 26.8. The first-order chi connectivity index (χ1) is 22.0. The Kier molecular flexibility index (Phi) is 6.91. The number of halogens is 1. The second-order valence-electron chi connectivity index (χ2n) is 12.7. The Balaban J connectivity index is 1.63. The summed E-state index contributed by atoms with van der Waals surface area (Å²) in [5.41, 5.74) is 4.47. The molecule has 46 heavy (non-hydrogen) atoms. The Morgan fingerprint density at radius 3 is 2.63 bits per heavy atom. The molecule has 0 saturated carbocycles. The molecule has 0 radical (unpaired) electrons. The van der Waals surface area contributed by atoms with Gasteiger partial charge in [0.05, 0.1) is 40.2 Å². The maximum atomic E-state index is 17.3. The monoisotopic (exact) mass is 621 g/mol. The highest BCUT2D eigenvalue weighted by Gasteiger charge is 2.41. The number of pyridine rings is 2. The summed E-state index contributed by atoms with van der Waals surface area (Å²) in [4.78, 5) is 47.2. The molecule has 1 amide bonds. The Morgan fingerprint density at radius 2 is 1.89 bits per heavy atom. The number of anilines is 2. The number of likely N-dealkylation sites (N-methyl/N-ethyl adjacent to an activating group) is 1. The van der Waals surface area contributed by atoms with E-state index in [4.69, 9.17) is 9.97 Å². The molecule has 7 rings (SSSR count). The largest absolute Gasteiger partial charge is 0.369 e. The van der Waals surface area contributed by atoms with Crippen molar-refractivity contribution in [3.05, 3.63) is 76.4 Å². The Hall–Kier alpha value is -5.13. The van der Waals surface area contributed by atoms with E-state index in [2.05, 4.69) is 26.7 Å². The van der Waals surface area contributed by atoms with Gasteiger partial charge in [-0.15, -0.1) is 0 Å². The van der Waals surface area contributed by atoms with E-state index in [-0.39, 0.29) is 29.6 Å². The number of amides is 1. The molecule has 1 fully saturated rings. The fourth-order valence-corrected chi connectivity index (χ4v) is 7.26. The van der Waals surface area contributed by atoms with Crippen molar-refractivity contribution in [3.63, 3.8) is 0 Å². The van der Waals surface area contributed by atoms with E-state index in [1.807, 2.05) is 64.8 Å². The van der Waals surface area contributed by atoms with Crippen LogP contribution in [0.3, 0.4) is 0 Å².